The maximum atomic E-state index is 13.0. The number of aromatic nitrogens is 5. The van der Waals surface area contributed by atoms with Crippen LogP contribution in [0.25, 0.3) is 16.7 Å². The highest BCUT2D eigenvalue weighted by molar-refractivity contribution is 7.99. The topological polar surface area (TPSA) is 85.0 Å². The van der Waals surface area contributed by atoms with Gasteiger partial charge in [-0.25, -0.2) is 0 Å². The smallest absolute Gasteiger partial charge is 0.262 e. The monoisotopic (exact) mass is 395 g/mol. The Morgan fingerprint density at radius 1 is 1.14 bits per heavy atom. The summed E-state index contributed by atoms with van der Waals surface area (Å²) in [5.41, 5.74) is 1.28. The van der Waals surface area contributed by atoms with E-state index in [1.165, 1.54) is 11.8 Å². The molecule has 0 aliphatic rings. The molecule has 0 spiro atoms. The number of ketones is 1. The summed E-state index contributed by atoms with van der Waals surface area (Å²) in [5, 5.41) is 9.80. The van der Waals surface area contributed by atoms with Crippen molar-refractivity contribution < 1.29 is 4.79 Å². The highest BCUT2D eigenvalue weighted by Gasteiger charge is 2.17. The van der Waals surface area contributed by atoms with Crippen molar-refractivity contribution in [3.05, 3.63) is 58.6 Å². The molecule has 3 aromatic heterocycles. The average Bonchev–Trinajstić information content (AvgIpc) is 3.39. The zero-order chi connectivity index (χ0) is 19.5. The number of unbranched alkanes of at least 4 members (excludes halogenated alkanes) is 2. The molecular weight excluding hydrogens is 374 g/mol. The van der Waals surface area contributed by atoms with Crippen LogP contribution in [0, 0.1) is 0 Å². The second-order valence-electron chi connectivity index (χ2n) is 6.59. The predicted octanol–water partition coefficient (Wildman–Crippen LogP) is 3.54. The molecule has 0 saturated carbocycles. The van der Waals surface area contributed by atoms with Crippen LogP contribution in [0.5, 0.6) is 0 Å². The van der Waals surface area contributed by atoms with Crippen LogP contribution >= 0.6 is 11.8 Å². The first-order chi connectivity index (χ1) is 13.7. The van der Waals surface area contributed by atoms with Crippen molar-refractivity contribution in [2.45, 2.75) is 37.9 Å². The summed E-state index contributed by atoms with van der Waals surface area (Å²) in [7, 11) is 0. The van der Waals surface area contributed by atoms with E-state index in [9.17, 15) is 9.59 Å². The highest BCUT2D eigenvalue weighted by atomic mass is 32.2. The van der Waals surface area contributed by atoms with Gasteiger partial charge >= 0.3 is 0 Å². The van der Waals surface area contributed by atoms with Gasteiger partial charge in [-0.3, -0.25) is 18.6 Å². The molecule has 28 heavy (non-hydrogen) atoms. The van der Waals surface area contributed by atoms with Gasteiger partial charge in [-0.2, -0.15) is 0 Å². The number of fused-ring (bicyclic) bond motifs is 3. The Bertz CT molecular complexity index is 1180. The summed E-state index contributed by atoms with van der Waals surface area (Å²) in [4.78, 5) is 28.2. The number of hydrogen-bond donors (Lipinski definition) is 1. The molecule has 4 rings (SSSR count). The van der Waals surface area contributed by atoms with Crippen molar-refractivity contribution in [3.63, 3.8) is 0 Å². The van der Waals surface area contributed by atoms with Gasteiger partial charge in [0.05, 0.1) is 22.3 Å². The normalized spacial score (nSPS) is 11.5. The standard InChI is InChI=1S/C20H21N5O2S/c1-2-3-6-12-24-18(27)14-8-4-5-10-16(14)25-19(24)22-23-20(25)28-13-17(26)15-9-7-11-21-15/h4-5,7-11,21H,2-3,6,12-13H2,1H3. The zero-order valence-corrected chi connectivity index (χ0v) is 16.4. The van der Waals surface area contributed by atoms with E-state index in [0.717, 1.165) is 24.8 Å². The Hall–Kier alpha value is -2.87. The van der Waals surface area contributed by atoms with Gasteiger partial charge in [-0.1, -0.05) is 43.7 Å². The number of thioether (sulfide) groups is 1. The molecule has 3 heterocycles. The summed E-state index contributed by atoms with van der Waals surface area (Å²) < 4.78 is 3.58. The van der Waals surface area contributed by atoms with Gasteiger partial charge in [-0.05, 0) is 30.7 Å². The maximum absolute atomic E-state index is 13.0. The van der Waals surface area contributed by atoms with Crippen molar-refractivity contribution in [2.75, 3.05) is 5.75 Å². The molecule has 0 bridgehead atoms. The molecule has 1 aromatic carbocycles. The van der Waals surface area contributed by atoms with E-state index in [0.29, 0.717) is 28.6 Å². The Labute approximate surface area is 165 Å². The molecule has 8 heteroatoms. The minimum atomic E-state index is -0.0504. The third-order valence-electron chi connectivity index (χ3n) is 4.69. The first-order valence-corrected chi connectivity index (χ1v) is 10.4. The van der Waals surface area contributed by atoms with Crippen LogP contribution in [0.1, 0.15) is 36.7 Å². The lowest BCUT2D eigenvalue weighted by atomic mass is 10.2. The maximum Gasteiger partial charge on any atom is 0.262 e. The van der Waals surface area contributed by atoms with E-state index in [1.807, 2.05) is 28.7 Å². The number of nitrogens with zero attached hydrogens (tertiary/aromatic N) is 4. The number of para-hydroxylation sites is 1. The van der Waals surface area contributed by atoms with Gasteiger partial charge < -0.3 is 4.98 Å². The molecule has 0 fully saturated rings. The number of aryl methyl sites for hydroxylation is 1. The summed E-state index contributed by atoms with van der Waals surface area (Å²) in [6, 6.07) is 11.0. The van der Waals surface area contributed by atoms with Crippen LogP contribution in [0.2, 0.25) is 0 Å². The van der Waals surface area contributed by atoms with Crippen LogP contribution in [-0.2, 0) is 6.54 Å². The Morgan fingerprint density at radius 2 is 2.00 bits per heavy atom. The number of carbonyl (C=O) groups is 1. The molecule has 0 amide bonds. The van der Waals surface area contributed by atoms with E-state index >= 15 is 0 Å². The van der Waals surface area contributed by atoms with Crippen LogP contribution in [0.4, 0.5) is 0 Å². The van der Waals surface area contributed by atoms with Crippen LogP contribution in [0.3, 0.4) is 0 Å². The molecular formula is C20H21N5O2S. The number of rotatable bonds is 8. The SMILES string of the molecule is CCCCCn1c(=O)c2ccccc2n2c(SCC(=O)c3ccc[nH]3)nnc12. The number of aromatic amines is 1. The number of carbonyl (C=O) groups excluding carboxylic acids is 1. The Morgan fingerprint density at radius 3 is 2.79 bits per heavy atom. The van der Waals surface area contributed by atoms with Gasteiger partial charge in [0.2, 0.25) is 5.78 Å². The Balaban J connectivity index is 1.76. The molecule has 0 aliphatic carbocycles. The fourth-order valence-corrected chi connectivity index (χ4v) is 4.08. The van der Waals surface area contributed by atoms with Gasteiger partial charge in [0.1, 0.15) is 0 Å². The summed E-state index contributed by atoms with van der Waals surface area (Å²) in [6.45, 7) is 2.73. The first-order valence-electron chi connectivity index (χ1n) is 9.36. The van der Waals surface area contributed by atoms with Crippen LogP contribution in [-0.4, -0.2) is 35.7 Å². The lowest BCUT2D eigenvalue weighted by Gasteiger charge is -2.11. The van der Waals surface area contributed by atoms with Crippen LogP contribution in [0.15, 0.2) is 52.5 Å². The second kappa shape index (κ2) is 8.02. The third kappa shape index (κ3) is 3.35. The molecule has 0 atom stereocenters. The van der Waals surface area contributed by atoms with Gasteiger partial charge in [0.15, 0.2) is 10.9 Å². The van der Waals surface area contributed by atoms with Gasteiger partial charge in [-0.15, -0.1) is 10.2 Å². The number of nitrogens with one attached hydrogen (secondary N) is 1. The number of Topliss-reactive ketones (excluding diaryl/α,β-unsaturated/α-hetero) is 1. The predicted molar refractivity (Wildman–Crippen MR) is 110 cm³/mol. The molecule has 144 valence electrons. The largest absolute Gasteiger partial charge is 0.359 e. The minimum Gasteiger partial charge on any atom is -0.359 e. The van der Waals surface area contributed by atoms with E-state index in [2.05, 4.69) is 22.1 Å². The average molecular weight is 395 g/mol. The molecule has 0 unspecified atom stereocenters. The van der Waals surface area contributed by atoms with Gasteiger partial charge in [0.25, 0.3) is 5.56 Å². The number of H-pyrrole nitrogens is 1. The third-order valence-corrected chi connectivity index (χ3v) is 5.62. The first kappa shape index (κ1) is 18.5. The van der Waals surface area contributed by atoms with Crippen molar-refractivity contribution in [2.24, 2.45) is 0 Å². The second-order valence-corrected chi connectivity index (χ2v) is 7.54. The van der Waals surface area contributed by atoms with Gasteiger partial charge in [0, 0.05) is 12.7 Å². The van der Waals surface area contributed by atoms with E-state index in [-0.39, 0.29) is 17.1 Å². The number of hydrogen-bond acceptors (Lipinski definition) is 5. The molecule has 0 radical (unpaired) electrons. The van der Waals surface area contributed by atoms with E-state index < -0.39 is 0 Å². The molecule has 7 nitrogen and oxygen atoms in total. The summed E-state index contributed by atoms with van der Waals surface area (Å²) >= 11 is 1.33. The van der Waals surface area contributed by atoms with E-state index in [4.69, 9.17) is 0 Å². The number of benzene rings is 1. The lowest BCUT2D eigenvalue weighted by molar-refractivity contribution is 0.101. The quantitative estimate of drug-likeness (QED) is 0.280. The Kier molecular flexibility index (Phi) is 5.29. The molecule has 4 aromatic rings. The van der Waals surface area contributed by atoms with Crippen LogP contribution < -0.4 is 5.56 Å². The van der Waals surface area contributed by atoms with Crippen molar-refractivity contribution in [1.82, 2.24) is 24.1 Å². The van der Waals surface area contributed by atoms with Crippen molar-refractivity contribution >= 4 is 34.2 Å². The zero-order valence-electron chi connectivity index (χ0n) is 15.6. The minimum absolute atomic E-state index is 0.00711. The summed E-state index contributed by atoms with van der Waals surface area (Å²) in [5.74, 6) is 0.756. The fourth-order valence-electron chi connectivity index (χ4n) is 3.26. The highest BCUT2D eigenvalue weighted by Crippen LogP contribution is 2.22. The van der Waals surface area contributed by atoms with Crippen molar-refractivity contribution in [1.29, 1.82) is 0 Å². The fraction of sp³-hybridized carbons (Fsp3) is 0.300. The molecule has 1 N–H and O–H groups in total. The molecule has 0 saturated heterocycles. The van der Waals surface area contributed by atoms with Crippen molar-refractivity contribution in [3.8, 4) is 0 Å². The lowest BCUT2D eigenvalue weighted by Crippen LogP contribution is -2.23. The summed E-state index contributed by atoms with van der Waals surface area (Å²) in [6.07, 6.45) is 4.76. The van der Waals surface area contributed by atoms with E-state index in [1.54, 1.807) is 22.9 Å². The molecule has 0 aliphatic heterocycles.